The molecule has 0 radical (unpaired) electrons. The summed E-state index contributed by atoms with van der Waals surface area (Å²) in [6.45, 7) is 10.6. The molecule has 1 unspecified atom stereocenters. The lowest BCUT2D eigenvalue weighted by molar-refractivity contribution is 0.0545. The fraction of sp³-hybridized carbons (Fsp3) is 0.609. The predicted octanol–water partition coefficient (Wildman–Crippen LogP) is 4.36. The Labute approximate surface area is 183 Å². The minimum Gasteiger partial charge on any atom is -0.353 e. The summed E-state index contributed by atoms with van der Waals surface area (Å²) in [5.74, 6) is 0.922. The highest BCUT2D eigenvalue weighted by molar-refractivity contribution is 7.17. The van der Waals surface area contributed by atoms with E-state index < -0.39 is 0 Å². The number of carbonyl (C=O) groups is 1. The predicted molar refractivity (Wildman–Crippen MR) is 122 cm³/mol. The van der Waals surface area contributed by atoms with E-state index in [0.29, 0.717) is 10.9 Å². The number of nitrogens with one attached hydrogen (secondary N) is 1. The first-order valence-corrected chi connectivity index (χ1v) is 12.0. The van der Waals surface area contributed by atoms with Crippen LogP contribution in [0.4, 0.5) is 5.13 Å². The highest BCUT2D eigenvalue weighted by atomic mass is 32.1. The molecule has 7 heteroatoms. The number of anilines is 1. The molecule has 1 amide bonds. The minimum atomic E-state index is 0.0432. The largest absolute Gasteiger partial charge is 0.353 e. The summed E-state index contributed by atoms with van der Waals surface area (Å²) in [6.07, 6.45) is 8.37. The van der Waals surface area contributed by atoms with Crippen molar-refractivity contribution in [1.82, 2.24) is 19.8 Å². The Balaban J connectivity index is 1.31. The number of likely N-dealkylation sites (tertiary alicyclic amines) is 2. The van der Waals surface area contributed by atoms with Crippen LogP contribution >= 0.6 is 11.3 Å². The van der Waals surface area contributed by atoms with Gasteiger partial charge in [0.1, 0.15) is 4.88 Å². The molecular weight excluding hydrogens is 394 g/mol. The summed E-state index contributed by atoms with van der Waals surface area (Å²) in [5, 5.41) is 4.16. The van der Waals surface area contributed by atoms with Crippen molar-refractivity contribution in [2.24, 2.45) is 5.92 Å². The molecule has 2 aromatic rings. The van der Waals surface area contributed by atoms with Crippen molar-refractivity contribution in [3.63, 3.8) is 0 Å². The average Bonchev–Trinajstić information content (AvgIpc) is 3.22. The molecule has 2 atom stereocenters. The van der Waals surface area contributed by atoms with Crippen LogP contribution in [0, 0.1) is 12.8 Å². The molecule has 2 aromatic heterocycles. The van der Waals surface area contributed by atoms with Crippen LogP contribution < -0.4 is 5.32 Å². The Morgan fingerprint density at radius 2 is 2.03 bits per heavy atom. The van der Waals surface area contributed by atoms with Crippen LogP contribution in [0.2, 0.25) is 0 Å². The summed E-state index contributed by atoms with van der Waals surface area (Å²) in [5.41, 5.74) is 2.17. The number of pyridine rings is 1. The first-order valence-electron chi connectivity index (χ1n) is 11.2. The van der Waals surface area contributed by atoms with Crippen molar-refractivity contribution in [3.8, 4) is 0 Å². The third kappa shape index (κ3) is 5.01. The van der Waals surface area contributed by atoms with Crippen molar-refractivity contribution >= 4 is 22.4 Å². The van der Waals surface area contributed by atoms with Gasteiger partial charge in [0.05, 0.1) is 17.9 Å². The monoisotopic (exact) mass is 427 g/mol. The van der Waals surface area contributed by atoms with E-state index in [2.05, 4.69) is 47.0 Å². The van der Waals surface area contributed by atoms with Crippen molar-refractivity contribution in [2.75, 3.05) is 31.5 Å². The SMILES string of the molecule is Cc1ccnc(C(C)Nc2ncc(C(=O)N3CCC(N4CCC[C@@H](C)C4)CC3)s2)c1. The van der Waals surface area contributed by atoms with Gasteiger partial charge in [-0.3, -0.25) is 14.7 Å². The van der Waals surface area contributed by atoms with Gasteiger partial charge in [-0.05, 0) is 69.7 Å². The van der Waals surface area contributed by atoms with E-state index in [0.717, 1.165) is 42.7 Å². The van der Waals surface area contributed by atoms with Crippen LogP contribution in [0.3, 0.4) is 0 Å². The van der Waals surface area contributed by atoms with Gasteiger partial charge in [-0.1, -0.05) is 18.3 Å². The molecular formula is C23H33N5OS. The van der Waals surface area contributed by atoms with Crippen LogP contribution in [0.1, 0.15) is 66.5 Å². The topological polar surface area (TPSA) is 61.4 Å². The molecule has 2 aliphatic heterocycles. The molecule has 6 nitrogen and oxygen atoms in total. The van der Waals surface area contributed by atoms with E-state index in [4.69, 9.17) is 0 Å². The number of hydrogen-bond acceptors (Lipinski definition) is 6. The number of aromatic nitrogens is 2. The van der Waals surface area contributed by atoms with E-state index in [9.17, 15) is 4.79 Å². The quantitative estimate of drug-likeness (QED) is 0.768. The molecule has 2 fully saturated rings. The van der Waals surface area contributed by atoms with E-state index in [1.165, 1.54) is 42.8 Å². The van der Waals surface area contributed by atoms with Crippen LogP contribution in [-0.4, -0.2) is 57.9 Å². The third-order valence-corrected chi connectivity index (χ3v) is 7.31. The molecule has 4 heterocycles. The number of aryl methyl sites for hydroxylation is 1. The smallest absolute Gasteiger partial charge is 0.265 e. The zero-order valence-corrected chi connectivity index (χ0v) is 19.1. The van der Waals surface area contributed by atoms with Gasteiger partial charge in [0.25, 0.3) is 5.91 Å². The van der Waals surface area contributed by atoms with Gasteiger partial charge in [0.15, 0.2) is 5.13 Å². The molecule has 0 bridgehead atoms. The maximum absolute atomic E-state index is 13.0. The molecule has 30 heavy (non-hydrogen) atoms. The molecule has 0 aromatic carbocycles. The second-order valence-electron chi connectivity index (χ2n) is 8.92. The molecule has 0 saturated carbocycles. The molecule has 4 rings (SSSR count). The number of thiazole rings is 1. The number of nitrogens with zero attached hydrogens (tertiary/aromatic N) is 4. The summed E-state index contributed by atoms with van der Waals surface area (Å²) >= 11 is 1.44. The fourth-order valence-electron chi connectivity index (χ4n) is 4.64. The summed E-state index contributed by atoms with van der Waals surface area (Å²) < 4.78 is 0. The summed E-state index contributed by atoms with van der Waals surface area (Å²) in [4.78, 5) is 27.2. The van der Waals surface area contributed by atoms with Crippen molar-refractivity contribution in [1.29, 1.82) is 0 Å². The maximum atomic E-state index is 13.0. The van der Waals surface area contributed by atoms with Crippen LogP contribution in [0.15, 0.2) is 24.5 Å². The first kappa shape index (κ1) is 21.2. The van der Waals surface area contributed by atoms with E-state index in [1.54, 1.807) is 6.20 Å². The second kappa shape index (κ2) is 9.43. The zero-order chi connectivity index (χ0) is 21.1. The van der Waals surface area contributed by atoms with Gasteiger partial charge in [-0.15, -0.1) is 0 Å². The highest BCUT2D eigenvalue weighted by Gasteiger charge is 2.30. The number of hydrogen-bond donors (Lipinski definition) is 1. The van der Waals surface area contributed by atoms with E-state index >= 15 is 0 Å². The average molecular weight is 428 g/mol. The molecule has 2 aliphatic rings. The number of amides is 1. The Morgan fingerprint density at radius 3 is 2.77 bits per heavy atom. The molecule has 2 saturated heterocycles. The number of rotatable bonds is 5. The maximum Gasteiger partial charge on any atom is 0.265 e. The van der Waals surface area contributed by atoms with Gasteiger partial charge in [-0.2, -0.15) is 0 Å². The van der Waals surface area contributed by atoms with Crippen LogP contribution in [0.25, 0.3) is 0 Å². The van der Waals surface area contributed by atoms with Crippen molar-refractivity contribution in [2.45, 2.75) is 58.5 Å². The Kier molecular flexibility index (Phi) is 6.68. The van der Waals surface area contributed by atoms with Crippen LogP contribution in [-0.2, 0) is 0 Å². The lowest BCUT2D eigenvalue weighted by atomic mass is 9.95. The molecule has 162 valence electrons. The van der Waals surface area contributed by atoms with Crippen molar-refractivity contribution < 1.29 is 4.79 Å². The van der Waals surface area contributed by atoms with Gasteiger partial charge in [0.2, 0.25) is 0 Å². The normalized spacial score (nSPS) is 22.1. The van der Waals surface area contributed by atoms with Gasteiger partial charge >= 0.3 is 0 Å². The van der Waals surface area contributed by atoms with E-state index in [1.807, 2.05) is 17.2 Å². The Morgan fingerprint density at radius 1 is 1.23 bits per heavy atom. The van der Waals surface area contributed by atoms with Gasteiger partial charge in [-0.25, -0.2) is 4.98 Å². The summed E-state index contributed by atoms with van der Waals surface area (Å²) in [6, 6.07) is 4.75. The van der Waals surface area contributed by atoms with Gasteiger partial charge < -0.3 is 10.2 Å². The van der Waals surface area contributed by atoms with Crippen LogP contribution in [0.5, 0.6) is 0 Å². The lowest BCUT2D eigenvalue weighted by Gasteiger charge is -2.41. The molecule has 1 N–H and O–H groups in total. The fourth-order valence-corrected chi connectivity index (χ4v) is 5.51. The molecule has 0 spiro atoms. The zero-order valence-electron chi connectivity index (χ0n) is 18.3. The Hall–Kier alpha value is -1.99. The standard InChI is InChI=1S/C23H33N5OS/c1-16-6-9-24-20(13-16)18(3)26-23-25-14-21(30-23)22(29)27-11-7-19(8-12-27)28-10-4-5-17(2)15-28/h6,9,13-14,17-19H,4-5,7-8,10-12,15H2,1-3H3,(H,25,26)/t17-,18?/m1/s1. The second-order valence-corrected chi connectivity index (χ2v) is 9.95. The highest BCUT2D eigenvalue weighted by Crippen LogP contribution is 2.27. The van der Waals surface area contributed by atoms with Crippen molar-refractivity contribution in [3.05, 3.63) is 40.7 Å². The number of piperidine rings is 2. The third-order valence-electron chi connectivity index (χ3n) is 6.39. The Bertz CT molecular complexity index is 861. The van der Waals surface area contributed by atoms with E-state index in [-0.39, 0.29) is 11.9 Å². The minimum absolute atomic E-state index is 0.0432. The lowest BCUT2D eigenvalue weighted by Crippen LogP contribution is -2.49. The molecule has 0 aliphatic carbocycles. The number of carbonyl (C=O) groups excluding carboxylic acids is 1. The van der Waals surface area contributed by atoms with Gasteiger partial charge in [0, 0.05) is 31.9 Å². The first-order chi connectivity index (χ1) is 14.5. The summed E-state index contributed by atoms with van der Waals surface area (Å²) in [7, 11) is 0.